The highest BCUT2D eigenvalue weighted by Crippen LogP contribution is 2.25. The van der Waals surface area contributed by atoms with Crippen molar-refractivity contribution in [2.45, 2.75) is 31.9 Å². The van der Waals surface area contributed by atoms with Gasteiger partial charge in [0.05, 0.1) is 11.0 Å². The molecule has 22 heavy (non-hydrogen) atoms. The van der Waals surface area contributed by atoms with E-state index in [9.17, 15) is 20.0 Å². The van der Waals surface area contributed by atoms with Gasteiger partial charge >= 0.3 is 6.03 Å². The number of benzene rings is 1. The van der Waals surface area contributed by atoms with Crippen molar-refractivity contribution >= 4 is 11.7 Å². The largest absolute Gasteiger partial charge is 0.393 e. The van der Waals surface area contributed by atoms with Crippen molar-refractivity contribution in [2.24, 2.45) is 5.92 Å². The third-order valence-corrected chi connectivity index (χ3v) is 4.06. The fourth-order valence-corrected chi connectivity index (χ4v) is 2.71. The van der Waals surface area contributed by atoms with Gasteiger partial charge in [0, 0.05) is 38.2 Å². The van der Waals surface area contributed by atoms with E-state index in [1.54, 1.807) is 24.1 Å². The van der Waals surface area contributed by atoms with E-state index in [2.05, 4.69) is 5.32 Å². The zero-order valence-electron chi connectivity index (χ0n) is 12.6. The Balaban J connectivity index is 1.80. The first-order chi connectivity index (χ1) is 10.5. The Bertz CT molecular complexity index is 532. The molecule has 0 heterocycles. The number of nitro groups is 1. The molecule has 0 saturated heterocycles. The van der Waals surface area contributed by atoms with Crippen molar-refractivity contribution in [2.75, 3.05) is 13.6 Å². The van der Waals surface area contributed by atoms with Crippen LogP contribution in [0.4, 0.5) is 10.5 Å². The van der Waals surface area contributed by atoms with Gasteiger partial charge in [-0.1, -0.05) is 18.6 Å². The summed E-state index contributed by atoms with van der Waals surface area (Å²) in [6.07, 6.45) is 2.44. The first kappa shape index (κ1) is 16.2. The van der Waals surface area contributed by atoms with E-state index in [4.69, 9.17) is 0 Å². The summed E-state index contributed by atoms with van der Waals surface area (Å²) < 4.78 is 0. The number of hydrogen-bond donors (Lipinski definition) is 2. The average molecular weight is 307 g/mol. The van der Waals surface area contributed by atoms with Crippen LogP contribution in [0.2, 0.25) is 0 Å². The van der Waals surface area contributed by atoms with Crippen LogP contribution < -0.4 is 5.32 Å². The summed E-state index contributed by atoms with van der Waals surface area (Å²) in [5, 5.41) is 23.1. The number of nitrogens with one attached hydrogen (secondary N) is 1. The number of aliphatic hydroxyl groups is 1. The first-order valence-corrected chi connectivity index (χ1v) is 7.37. The highest BCUT2D eigenvalue weighted by molar-refractivity contribution is 5.73. The smallest absolute Gasteiger partial charge is 0.317 e. The number of amides is 2. The summed E-state index contributed by atoms with van der Waals surface area (Å²) in [4.78, 5) is 23.7. The summed E-state index contributed by atoms with van der Waals surface area (Å²) in [6.45, 7) is 0.849. The number of carbonyl (C=O) groups is 1. The Hall–Kier alpha value is -2.15. The van der Waals surface area contributed by atoms with Gasteiger partial charge in [-0.15, -0.1) is 0 Å². The molecule has 1 saturated carbocycles. The van der Waals surface area contributed by atoms with E-state index in [0.29, 0.717) is 13.1 Å². The number of non-ortho nitro benzene ring substituents is 1. The maximum absolute atomic E-state index is 12.0. The fourth-order valence-electron chi connectivity index (χ4n) is 2.71. The van der Waals surface area contributed by atoms with Crippen molar-refractivity contribution in [3.8, 4) is 0 Å². The zero-order valence-corrected chi connectivity index (χ0v) is 12.6. The Labute approximate surface area is 129 Å². The second kappa shape index (κ2) is 7.22. The molecule has 1 aromatic rings. The van der Waals surface area contributed by atoms with E-state index in [-0.39, 0.29) is 23.7 Å². The van der Waals surface area contributed by atoms with Crippen molar-refractivity contribution in [1.29, 1.82) is 0 Å². The summed E-state index contributed by atoms with van der Waals surface area (Å²) in [6, 6.07) is 5.87. The van der Waals surface area contributed by atoms with Gasteiger partial charge in [-0.25, -0.2) is 4.79 Å². The first-order valence-electron chi connectivity index (χ1n) is 7.37. The number of nitrogens with zero attached hydrogens (tertiary/aromatic N) is 2. The molecule has 0 spiro atoms. The van der Waals surface area contributed by atoms with Gasteiger partial charge in [-0.2, -0.15) is 0 Å². The summed E-state index contributed by atoms with van der Waals surface area (Å²) in [5.41, 5.74) is 0.829. The van der Waals surface area contributed by atoms with E-state index < -0.39 is 4.92 Å². The van der Waals surface area contributed by atoms with Crippen LogP contribution in [0.1, 0.15) is 24.8 Å². The SMILES string of the molecule is CN(CC1CCCC1O)C(=O)NCc1ccc([N+](=O)[O-])cc1. The molecule has 0 radical (unpaired) electrons. The maximum atomic E-state index is 12.0. The number of hydrogen-bond acceptors (Lipinski definition) is 4. The Morgan fingerprint density at radius 1 is 1.41 bits per heavy atom. The van der Waals surface area contributed by atoms with Crippen LogP contribution in [0.5, 0.6) is 0 Å². The summed E-state index contributed by atoms with van der Waals surface area (Å²) >= 11 is 0. The monoisotopic (exact) mass is 307 g/mol. The third-order valence-electron chi connectivity index (χ3n) is 4.06. The van der Waals surface area contributed by atoms with Crippen LogP contribution in [-0.4, -0.2) is 40.7 Å². The molecule has 1 aliphatic carbocycles. The minimum atomic E-state index is -0.455. The zero-order chi connectivity index (χ0) is 16.1. The topological polar surface area (TPSA) is 95.7 Å². The van der Waals surface area contributed by atoms with Crippen molar-refractivity contribution < 1.29 is 14.8 Å². The van der Waals surface area contributed by atoms with Gasteiger partial charge in [-0.3, -0.25) is 10.1 Å². The van der Waals surface area contributed by atoms with Gasteiger partial charge in [0.2, 0.25) is 0 Å². The van der Waals surface area contributed by atoms with E-state index in [0.717, 1.165) is 24.8 Å². The normalized spacial score (nSPS) is 20.6. The highest BCUT2D eigenvalue weighted by Gasteiger charge is 2.27. The third kappa shape index (κ3) is 4.17. The molecule has 1 aromatic carbocycles. The number of urea groups is 1. The molecule has 2 rings (SSSR count). The lowest BCUT2D eigenvalue weighted by Gasteiger charge is -2.23. The Kier molecular flexibility index (Phi) is 5.32. The number of rotatable bonds is 5. The lowest BCUT2D eigenvalue weighted by molar-refractivity contribution is -0.384. The molecule has 7 heteroatoms. The van der Waals surface area contributed by atoms with Crippen LogP contribution in [0, 0.1) is 16.0 Å². The molecule has 2 amide bonds. The minimum Gasteiger partial charge on any atom is -0.393 e. The Morgan fingerprint density at radius 3 is 2.64 bits per heavy atom. The van der Waals surface area contributed by atoms with Crippen LogP contribution in [-0.2, 0) is 6.54 Å². The molecule has 0 aliphatic heterocycles. The van der Waals surface area contributed by atoms with Crippen LogP contribution in [0.25, 0.3) is 0 Å². The van der Waals surface area contributed by atoms with Crippen LogP contribution in [0.3, 0.4) is 0 Å². The molecule has 2 N–H and O–H groups in total. The molecule has 2 unspecified atom stereocenters. The van der Waals surface area contributed by atoms with E-state index >= 15 is 0 Å². The predicted octanol–water partition coefficient (Wildman–Crippen LogP) is 1.90. The average Bonchev–Trinajstić information content (AvgIpc) is 2.90. The summed E-state index contributed by atoms with van der Waals surface area (Å²) in [7, 11) is 1.70. The van der Waals surface area contributed by atoms with Gasteiger partial charge in [-0.05, 0) is 18.4 Å². The molecule has 1 aliphatic rings. The molecule has 7 nitrogen and oxygen atoms in total. The van der Waals surface area contributed by atoms with Gasteiger partial charge in [0.25, 0.3) is 5.69 Å². The van der Waals surface area contributed by atoms with Crippen molar-refractivity contribution in [3.63, 3.8) is 0 Å². The molecular weight excluding hydrogens is 286 g/mol. The molecule has 0 bridgehead atoms. The maximum Gasteiger partial charge on any atom is 0.317 e. The number of carbonyl (C=O) groups excluding carboxylic acids is 1. The lowest BCUT2D eigenvalue weighted by atomic mass is 10.1. The van der Waals surface area contributed by atoms with Gasteiger partial charge in [0.15, 0.2) is 0 Å². The van der Waals surface area contributed by atoms with Crippen LogP contribution >= 0.6 is 0 Å². The van der Waals surface area contributed by atoms with Gasteiger partial charge in [0.1, 0.15) is 0 Å². The van der Waals surface area contributed by atoms with Gasteiger partial charge < -0.3 is 15.3 Å². The minimum absolute atomic E-state index is 0.0300. The molecule has 2 atom stereocenters. The van der Waals surface area contributed by atoms with E-state index in [1.165, 1.54) is 12.1 Å². The highest BCUT2D eigenvalue weighted by atomic mass is 16.6. The lowest BCUT2D eigenvalue weighted by Crippen LogP contribution is -2.40. The number of aliphatic hydroxyl groups excluding tert-OH is 1. The Morgan fingerprint density at radius 2 is 2.09 bits per heavy atom. The standard InChI is InChI=1S/C15H21N3O4/c1-17(10-12-3-2-4-14(12)19)15(20)16-9-11-5-7-13(8-6-11)18(21)22/h5-8,12,14,19H,2-4,9-10H2,1H3,(H,16,20). The van der Waals surface area contributed by atoms with E-state index in [1.807, 2.05) is 0 Å². The molecular formula is C15H21N3O4. The second-order valence-corrected chi connectivity index (χ2v) is 5.72. The predicted molar refractivity (Wildman–Crippen MR) is 81.3 cm³/mol. The molecule has 0 aromatic heterocycles. The van der Waals surface area contributed by atoms with Crippen molar-refractivity contribution in [1.82, 2.24) is 10.2 Å². The quantitative estimate of drug-likeness (QED) is 0.641. The number of nitro benzene ring substituents is 1. The summed E-state index contributed by atoms with van der Waals surface area (Å²) in [5.74, 6) is 0.148. The van der Waals surface area contributed by atoms with Crippen molar-refractivity contribution in [3.05, 3.63) is 39.9 Å². The molecule has 120 valence electrons. The second-order valence-electron chi connectivity index (χ2n) is 5.72. The van der Waals surface area contributed by atoms with Crippen LogP contribution in [0.15, 0.2) is 24.3 Å². The fraction of sp³-hybridized carbons (Fsp3) is 0.533. The molecule has 1 fully saturated rings.